The second-order valence-corrected chi connectivity index (χ2v) is 5.88. The average Bonchev–Trinajstić information content (AvgIpc) is 2.23. The van der Waals surface area contributed by atoms with Crippen molar-refractivity contribution in [2.75, 3.05) is 12.8 Å². The molecule has 0 fully saturated rings. The zero-order chi connectivity index (χ0) is 13.8. The van der Waals surface area contributed by atoms with Crippen molar-refractivity contribution in [1.29, 1.82) is 0 Å². The fourth-order valence-electron chi connectivity index (χ4n) is 1.38. The van der Waals surface area contributed by atoms with Crippen LogP contribution in [0.1, 0.15) is 11.6 Å². The highest BCUT2D eigenvalue weighted by atomic mass is 35.5. The molecular weight excluding hydrogens is 280 g/mol. The molecule has 1 rings (SSSR count). The number of nitrogens with one attached hydrogen (secondary N) is 2. The molecule has 1 amide bonds. The molecule has 8 heteroatoms. The summed E-state index contributed by atoms with van der Waals surface area (Å²) >= 11 is 5.94. The second kappa shape index (κ2) is 6.03. The van der Waals surface area contributed by atoms with Crippen molar-refractivity contribution in [3.63, 3.8) is 0 Å². The Labute approximate surface area is 110 Å². The number of amides is 1. The van der Waals surface area contributed by atoms with Gasteiger partial charge < -0.3 is 10.4 Å². The normalized spacial score (nSPS) is 13.0. The number of carboxylic acid groups (broad SMARTS) is 1. The van der Waals surface area contributed by atoms with Crippen molar-refractivity contribution in [2.24, 2.45) is 0 Å². The van der Waals surface area contributed by atoms with Gasteiger partial charge in [-0.15, -0.1) is 0 Å². The number of rotatable bonds is 5. The first kappa shape index (κ1) is 14.7. The second-order valence-electron chi connectivity index (χ2n) is 3.64. The molecule has 0 spiro atoms. The summed E-state index contributed by atoms with van der Waals surface area (Å²) in [5.41, 5.74) is 0.512. The van der Waals surface area contributed by atoms with Crippen LogP contribution in [0.25, 0.3) is 0 Å². The maximum absolute atomic E-state index is 11.0. The molecule has 0 aliphatic carbocycles. The van der Waals surface area contributed by atoms with Crippen LogP contribution in [-0.2, 0) is 10.0 Å². The van der Waals surface area contributed by atoms with E-state index in [1.54, 1.807) is 24.3 Å². The highest BCUT2D eigenvalue weighted by molar-refractivity contribution is 7.88. The minimum Gasteiger partial charge on any atom is -0.465 e. The van der Waals surface area contributed by atoms with Crippen LogP contribution >= 0.6 is 11.6 Å². The van der Waals surface area contributed by atoms with Crippen LogP contribution in [-0.4, -0.2) is 32.4 Å². The Balaban J connectivity index is 2.91. The van der Waals surface area contributed by atoms with E-state index in [1.165, 1.54) is 0 Å². The molecule has 0 aliphatic rings. The zero-order valence-corrected chi connectivity index (χ0v) is 11.1. The van der Waals surface area contributed by atoms with Crippen LogP contribution in [0, 0.1) is 0 Å². The first-order valence-corrected chi connectivity index (χ1v) is 7.25. The van der Waals surface area contributed by atoms with E-state index in [4.69, 9.17) is 16.7 Å². The molecule has 0 aliphatic heterocycles. The number of halogens is 1. The Morgan fingerprint density at radius 3 is 2.56 bits per heavy atom. The van der Waals surface area contributed by atoms with E-state index in [9.17, 15) is 13.2 Å². The van der Waals surface area contributed by atoms with Crippen LogP contribution in [0.3, 0.4) is 0 Å². The summed E-state index contributed by atoms with van der Waals surface area (Å²) in [5.74, 6) is 0. The first-order chi connectivity index (χ1) is 8.29. The molecule has 0 saturated carbocycles. The minimum atomic E-state index is -3.40. The maximum Gasteiger partial charge on any atom is 0.405 e. The van der Waals surface area contributed by atoms with E-state index >= 15 is 0 Å². The van der Waals surface area contributed by atoms with Crippen LogP contribution < -0.4 is 10.0 Å². The van der Waals surface area contributed by atoms with Crippen LogP contribution in [0.4, 0.5) is 4.79 Å². The van der Waals surface area contributed by atoms with Gasteiger partial charge in [-0.1, -0.05) is 29.8 Å². The van der Waals surface area contributed by atoms with Crippen molar-refractivity contribution >= 4 is 27.7 Å². The van der Waals surface area contributed by atoms with Crippen LogP contribution in [0.5, 0.6) is 0 Å². The average molecular weight is 293 g/mol. The monoisotopic (exact) mass is 292 g/mol. The summed E-state index contributed by atoms with van der Waals surface area (Å²) in [6, 6.07) is 5.89. The lowest BCUT2D eigenvalue weighted by molar-refractivity contribution is 0.190. The molecule has 0 aromatic heterocycles. The van der Waals surface area contributed by atoms with Crippen LogP contribution in [0.15, 0.2) is 24.3 Å². The Hall–Kier alpha value is -1.31. The molecule has 0 bridgehead atoms. The molecular formula is C10H13ClN2O4S. The smallest absolute Gasteiger partial charge is 0.405 e. The van der Waals surface area contributed by atoms with E-state index in [1.807, 2.05) is 0 Å². The fraction of sp³-hybridized carbons (Fsp3) is 0.300. The molecule has 18 heavy (non-hydrogen) atoms. The molecule has 1 atom stereocenters. The third-order valence-electron chi connectivity index (χ3n) is 2.13. The molecule has 0 saturated heterocycles. The number of sulfonamides is 1. The molecule has 0 radical (unpaired) electrons. The van der Waals surface area contributed by atoms with Gasteiger partial charge in [0, 0.05) is 11.6 Å². The van der Waals surface area contributed by atoms with E-state index < -0.39 is 22.2 Å². The summed E-state index contributed by atoms with van der Waals surface area (Å²) in [6.07, 6.45) is -0.257. The Morgan fingerprint density at radius 1 is 1.44 bits per heavy atom. The van der Waals surface area contributed by atoms with Gasteiger partial charge in [0.1, 0.15) is 0 Å². The molecule has 1 unspecified atom stereocenters. The van der Waals surface area contributed by atoms with Gasteiger partial charge in [-0.25, -0.2) is 17.9 Å². The van der Waals surface area contributed by atoms with Gasteiger partial charge in [-0.05, 0) is 11.6 Å². The highest BCUT2D eigenvalue weighted by Crippen LogP contribution is 2.22. The first-order valence-electron chi connectivity index (χ1n) is 4.98. The third kappa shape index (κ3) is 4.91. The fourth-order valence-corrected chi connectivity index (χ4v) is 2.12. The van der Waals surface area contributed by atoms with Gasteiger partial charge >= 0.3 is 6.09 Å². The predicted octanol–water partition coefficient (Wildman–Crippen LogP) is 1.20. The molecule has 1 aromatic rings. The Morgan fingerprint density at radius 2 is 2.06 bits per heavy atom. The van der Waals surface area contributed by atoms with Gasteiger partial charge in [0.05, 0.1) is 12.3 Å². The Bertz CT molecular complexity index is 532. The van der Waals surface area contributed by atoms with Gasteiger partial charge in [-0.3, -0.25) is 0 Å². The van der Waals surface area contributed by atoms with Gasteiger partial charge in [0.15, 0.2) is 0 Å². The maximum atomic E-state index is 11.0. The minimum absolute atomic E-state index is 0.102. The molecule has 1 aromatic carbocycles. The topological polar surface area (TPSA) is 95.5 Å². The number of hydrogen-bond donors (Lipinski definition) is 3. The molecule has 6 nitrogen and oxygen atoms in total. The van der Waals surface area contributed by atoms with E-state index in [-0.39, 0.29) is 6.54 Å². The predicted molar refractivity (Wildman–Crippen MR) is 68.2 cm³/mol. The molecule has 100 valence electrons. The number of hydrogen-bond acceptors (Lipinski definition) is 3. The lowest BCUT2D eigenvalue weighted by atomic mass is 10.1. The summed E-state index contributed by atoms with van der Waals surface area (Å²) in [6.45, 7) is -0.102. The van der Waals surface area contributed by atoms with Crippen molar-refractivity contribution in [2.45, 2.75) is 6.04 Å². The number of carbonyl (C=O) groups is 1. The summed E-state index contributed by atoms with van der Waals surface area (Å²) in [5, 5.41) is 11.3. The van der Waals surface area contributed by atoms with Crippen molar-refractivity contribution in [3.05, 3.63) is 34.9 Å². The van der Waals surface area contributed by atoms with Gasteiger partial charge in [0.2, 0.25) is 10.0 Å². The van der Waals surface area contributed by atoms with Gasteiger partial charge in [0.25, 0.3) is 0 Å². The largest absolute Gasteiger partial charge is 0.465 e. The number of benzene rings is 1. The molecule has 0 heterocycles. The van der Waals surface area contributed by atoms with Crippen molar-refractivity contribution in [3.8, 4) is 0 Å². The highest BCUT2D eigenvalue weighted by Gasteiger charge is 2.18. The van der Waals surface area contributed by atoms with Crippen molar-refractivity contribution in [1.82, 2.24) is 10.0 Å². The molecule has 3 N–H and O–H groups in total. The SMILES string of the molecule is CS(=O)(=O)NCC(NC(=O)O)c1ccccc1Cl. The van der Waals surface area contributed by atoms with Gasteiger partial charge in [-0.2, -0.15) is 0 Å². The van der Waals surface area contributed by atoms with E-state index in [0.717, 1.165) is 6.26 Å². The van der Waals surface area contributed by atoms with E-state index in [2.05, 4.69) is 10.0 Å². The summed E-state index contributed by atoms with van der Waals surface area (Å²) in [4.78, 5) is 10.7. The van der Waals surface area contributed by atoms with Crippen molar-refractivity contribution < 1.29 is 18.3 Å². The Kier molecular flexibility index (Phi) is 4.94. The quantitative estimate of drug-likeness (QED) is 0.760. The summed E-state index contributed by atoms with van der Waals surface area (Å²) < 4.78 is 24.3. The van der Waals surface area contributed by atoms with E-state index in [0.29, 0.717) is 10.6 Å². The van der Waals surface area contributed by atoms with Crippen LogP contribution in [0.2, 0.25) is 5.02 Å². The lowest BCUT2D eigenvalue weighted by Crippen LogP contribution is -2.37. The zero-order valence-electron chi connectivity index (χ0n) is 9.55. The standard InChI is InChI=1S/C10H13ClN2O4S/c1-18(16,17)12-6-9(13-10(14)15)7-4-2-3-5-8(7)11/h2-5,9,12-13H,6H2,1H3,(H,14,15). The summed E-state index contributed by atoms with van der Waals surface area (Å²) in [7, 11) is -3.40. The lowest BCUT2D eigenvalue weighted by Gasteiger charge is -2.18. The third-order valence-corrected chi connectivity index (χ3v) is 3.16.